The molecule has 29 heavy (non-hydrogen) atoms. The van der Waals surface area contributed by atoms with Crippen LogP contribution in [0.25, 0.3) is 0 Å². The first-order valence-electron chi connectivity index (χ1n) is 9.47. The third-order valence-electron chi connectivity index (χ3n) is 4.37. The summed E-state index contributed by atoms with van der Waals surface area (Å²) in [5, 5.41) is 3.97. The molecule has 1 aromatic carbocycles. The topological polar surface area (TPSA) is 96.2 Å². The number of carbonyl (C=O) groups excluding carboxylic acids is 1. The predicted molar refractivity (Wildman–Crippen MR) is 103 cm³/mol. The Labute approximate surface area is 169 Å². The lowest BCUT2D eigenvalue weighted by molar-refractivity contribution is 0.0199. The average Bonchev–Trinajstić information content (AvgIpc) is 3.33. The van der Waals surface area contributed by atoms with Crippen molar-refractivity contribution in [2.75, 3.05) is 20.8 Å². The van der Waals surface area contributed by atoms with Gasteiger partial charge in [0.25, 0.3) is 0 Å². The van der Waals surface area contributed by atoms with Crippen molar-refractivity contribution in [2.24, 2.45) is 0 Å². The minimum absolute atomic E-state index is 0.123. The lowest BCUT2D eigenvalue weighted by atomic mass is 10.2. The van der Waals surface area contributed by atoms with E-state index >= 15 is 0 Å². The van der Waals surface area contributed by atoms with Gasteiger partial charge in [0, 0.05) is 12.6 Å². The van der Waals surface area contributed by atoms with Crippen molar-refractivity contribution < 1.29 is 28.3 Å². The highest BCUT2D eigenvalue weighted by molar-refractivity contribution is 5.69. The van der Waals surface area contributed by atoms with Crippen molar-refractivity contribution in [3.8, 4) is 17.2 Å². The van der Waals surface area contributed by atoms with E-state index in [1.807, 2.05) is 20.8 Å². The highest BCUT2D eigenvalue weighted by Crippen LogP contribution is 2.33. The summed E-state index contributed by atoms with van der Waals surface area (Å²) < 4.78 is 27.1. The number of methoxy groups -OCH3 is 2. The second-order valence-electron chi connectivity index (χ2n) is 7.69. The first-order valence-corrected chi connectivity index (χ1v) is 9.47. The molecule has 1 saturated heterocycles. The Morgan fingerprint density at radius 1 is 1.24 bits per heavy atom. The van der Waals surface area contributed by atoms with Crippen LogP contribution in [0, 0.1) is 0 Å². The lowest BCUT2D eigenvalue weighted by Crippen LogP contribution is -2.36. The van der Waals surface area contributed by atoms with Gasteiger partial charge < -0.3 is 23.5 Å². The summed E-state index contributed by atoms with van der Waals surface area (Å²) in [6.45, 7) is 6.24. The number of hydrogen-bond acceptors (Lipinski definition) is 8. The highest BCUT2D eigenvalue weighted by atomic mass is 16.6. The molecule has 1 aliphatic heterocycles. The molecule has 1 aliphatic rings. The molecule has 2 aromatic rings. The van der Waals surface area contributed by atoms with Crippen LogP contribution in [0.4, 0.5) is 4.79 Å². The number of likely N-dealkylation sites (tertiary alicyclic amines) is 1. The van der Waals surface area contributed by atoms with Crippen LogP contribution in [0.15, 0.2) is 22.7 Å². The van der Waals surface area contributed by atoms with Crippen LogP contribution in [0.5, 0.6) is 17.2 Å². The number of nitrogens with zero attached hydrogens (tertiary/aromatic N) is 3. The van der Waals surface area contributed by atoms with Gasteiger partial charge in [0.2, 0.25) is 11.7 Å². The highest BCUT2D eigenvalue weighted by Gasteiger charge is 2.36. The standard InChI is InChI=1S/C20H27N3O6/c1-20(2,3)28-19(24)23-10-6-7-14(23)18-21-17(22-29-18)12-27-13-8-9-15(25-4)16(11-13)26-5/h8-9,11,14H,6-7,10,12H2,1-5H3/t14-/m0/s1. The van der Waals surface area contributed by atoms with Crippen LogP contribution in [0.2, 0.25) is 0 Å². The molecule has 0 saturated carbocycles. The van der Waals surface area contributed by atoms with Crippen LogP contribution in [0.1, 0.15) is 51.4 Å². The molecule has 1 amide bonds. The molecule has 2 heterocycles. The Bertz CT molecular complexity index is 845. The van der Waals surface area contributed by atoms with Crippen molar-refractivity contribution in [3.05, 3.63) is 29.9 Å². The van der Waals surface area contributed by atoms with Crippen molar-refractivity contribution in [3.63, 3.8) is 0 Å². The summed E-state index contributed by atoms with van der Waals surface area (Å²) >= 11 is 0. The Balaban J connectivity index is 1.64. The molecule has 1 aromatic heterocycles. The molecular formula is C20H27N3O6. The number of rotatable bonds is 6. The number of amides is 1. The van der Waals surface area contributed by atoms with Crippen LogP contribution >= 0.6 is 0 Å². The molecule has 1 atom stereocenters. The molecule has 0 aliphatic carbocycles. The van der Waals surface area contributed by atoms with E-state index in [1.165, 1.54) is 0 Å². The summed E-state index contributed by atoms with van der Waals surface area (Å²) in [7, 11) is 3.13. The minimum atomic E-state index is -0.558. The van der Waals surface area contributed by atoms with E-state index in [9.17, 15) is 4.79 Å². The summed E-state index contributed by atoms with van der Waals surface area (Å²) in [5.74, 6) is 2.55. The van der Waals surface area contributed by atoms with Gasteiger partial charge in [-0.2, -0.15) is 4.98 Å². The lowest BCUT2D eigenvalue weighted by Gasteiger charge is -2.26. The maximum atomic E-state index is 12.4. The van der Waals surface area contributed by atoms with E-state index in [0.717, 1.165) is 12.8 Å². The van der Waals surface area contributed by atoms with Crippen molar-refractivity contribution in [1.82, 2.24) is 15.0 Å². The van der Waals surface area contributed by atoms with Crippen molar-refractivity contribution >= 4 is 6.09 Å². The summed E-state index contributed by atoms with van der Waals surface area (Å²) in [5.41, 5.74) is -0.558. The van der Waals surface area contributed by atoms with Crippen molar-refractivity contribution in [2.45, 2.75) is 51.9 Å². The summed E-state index contributed by atoms with van der Waals surface area (Å²) in [6, 6.07) is 4.96. The minimum Gasteiger partial charge on any atom is -0.493 e. The Morgan fingerprint density at radius 3 is 2.69 bits per heavy atom. The maximum absolute atomic E-state index is 12.4. The second kappa shape index (κ2) is 8.59. The number of ether oxygens (including phenoxy) is 4. The fourth-order valence-electron chi connectivity index (χ4n) is 3.08. The quantitative estimate of drug-likeness (QED) is 0.717. The SMILES string of the molecule is COc1ccc(OCc2noc([C@@H]3CCCN3C(=O)OC(C)(C)C)n2)cc1OC. The maximum Gasteiger partial charge on any atom is 0.410 e. The van der Waals surface area contributed by atoms with Gasteiger partial charge >= 0.3 is 6.09 Å². The van der Waals surface area contributed by atoms with Gasteiger partial charge in [-0.15, -0.1) is 0 Å². The first kappa shape index (κ1) is 20.8. The van der Waals surface area contributed by atoms with Crippen molar-refractivity contribution in [1.29, 1.82) is 0 Å². The van der Waals surface area contributed by atoms with E-state index in [4.69, 9.17) is 23.5 Å². The van der Waals surface area contributed by atoms with Gasteiger partial charge in [0.1, 0.15) is 17.4 Å². The molecule has 0 radical (unpaired) electrons. The molecule has 0 spiro atoms. The van der Waals surface area contributed by atoms with Crippen LogP contribution in [0.3, 0.4) is 0 Å². The molecule has 9 heteroatoms. The smallest absolute Gasteiger partial charge is 0.410 e. The fraction of sp³-hybridized carbons (Fsp3) is 0.550. The molecule has 158 valence electrons. The zero-order valence-corrected chi connectivity index (χ0v) is 17.4. The van der Waals surface area contributed by atoms with Crippen LogP contribution in [-0.4, -0.2) is 47.5 Å². The van der Waals surface area contributed by atoms with Gasteiger partial charge in [-0.25, -0.2) is 4.79 Å². The molecule has 3 rings (SSSR count). The number of benzene rings is 1. The number of hydrogen-bond donors (Lipinski definition) is 0. The predicted octanol–water partition coefficient (Wildman–Crippen LogP) is 3.74. The Morgan fingerprint density at radius 2 is 2.00 bits per heavy atom. The van der Waals surface area contributed by atoms with E-state index in [-0.39, 0.29) is 18.7 Å². The fourth-order valence-corrected chi connectivity index (χ4v) is 3.08. The normalized spacial score (nSPS) is 16.6. The summed E-state index contributed by atoms with van der Waals surface area (Å²) in [6.07, 6.45) is 1.22. The molecule has 0 N–H and O–H groups in total. The first-order chi connectivity index (χ1) is 13.8. The third kappa shape index (κ3) is 5.10. The monoisotopic (exact) mass is 405 g/mol. The number of aromatic nitrogens is 2. The van der Waals surface area contributed by atoms with Gasteiger partial charge in [-0.05, 0) is 45.7 Å². The van der Waals surface area contributed by atoms with Gasteiger partial charge in [0.05, 0.1) is 14.2 Å². The van der Waals surface area contributed by atoms with Gasteiger partial charge in [-0.1, -0.05) is 5.16 Å². The van der Waals surface area contributed by atoms with Crippen LogP contribution < -0.4 is 14.2 Å². The van der Waals surface area contributed by atoms with E-state index in [2.05, 4.69) is 10.1 Å². The van der Waals surface area contributed by atoms with Gasteiger partial charge in [0.15, 0.2) is 18.1 Å². The zero-order chi connectivity index (χ0) is 21.0. The van der Waals surface area contributed by atoms with E-state index in [0.29, 0.717) is 35.5 Å². The third-order valence-corrected chi connectivity index (χ3v) is 4.37. The van der Waals surface area contributed by atoms with E-state index in [1.54, 1.807) is 37.3 Å². The molecule has 0 unspecified atom stereocenters. The number of carbonyl (C=O) groups is 1. The molecule has 0 bridgehead atoms. The van der Waals surface area contributed by atoms with Gasteiger partial charge in [-0.3, -0.25) is 4.90 Å². The average molecular weight is 405 g/mol. The zero-order valence-electron chi connectivity index (χ0n) is 17.4. The van der Waals surface area contributed by atoms with E-state index < -0.39 is 5.60 Å². The second-order valence-corrected chi connectivity index (χ2v) is 7.69. The van der Waals surface area contributed by atoms with Crippen LogP contribution in [-0.2, 0) is 11.3 Å². The molecular weight excluding hydrogens is 378 g/mol. The summed E-state index contributed by atoms with van der Waals surface area (Å²) in [4.78, 5) is 18.5. The largest absolute Gasteiger partial charge is 0.493 e. The Kier molecular flexibility index (Phi) is 6.14. The molecule has 9 nitrogen and oxygen atoms in total. The molecule has 1 fully saturated rings. The Hall–Kier alpha value is -2.97.